The highest BCUT2D eigenvalue weighted by atomic mass is 32.1. The first-order chi connectivity index (χ1) is 16.2. The summed E-state index contributed by atoms with van der Waals surface area (Å²) in [5.41, 5.74) is 1.55. The molecule has 0 saturated carbocycles. The number of thiophene rings is 1. The average Bonchev–Trinajstić information content (AvgIpc) is 3.16. The van der Waals surface area contributed by atoms with Crippen LogP contribution in [0, 0.1) is 5.92 Å². The maximum absolute atomic E-state index is 14.0. The van der Waals surface area contributed by atoms with Crippen molar-refractivity contribution in [2.45, 2.75) is 52.7 Å². The number of anilines is 1. The molecular weight excluding hydrogens is 448 g/mol. The number of hydrogen-bond donors (Lipinski definition) is 0. The Balaban J connectivity index is 1.57. The molecule has 8 heteroatoms. The van der Waals surface area contributed by atoms with Crippen LogP contribution >= 0.6 is 11.3 Å². The van der Waals surface area contributed by atoms with Crippen molar-refractivity contribution in [3.8, 4) is 5.69 Å². The number of fused-ring (bicyclic) bond motifs is 3. The fourth-order valence-electron chi connectivity index (χ4n) is 4.84. The summed E-state index contributed by atoms with van der Waals surface area (Å²) in [5, 5.41) is 0.717. The Morgan fingerprint density at radius 3 is 2.53 bits per heavy atom. The predicted molar refractivity (Wildman–Crippen MR) is 136 cm³/mol. The molecule has 0 radical (unpaired) electrons. The number of nitrogens with zero attached hydrogens (tertiary/aromatic N) is 4. The molecule has 0 N–H and O–H groups in total. The fourth-order valence-corrected chi connectivity index (χ4v) is 5.93. The lowest BCUT2D eigenvalue weighted by Crippen LogP contribution is -2.50. The zero-order valence-corrected chi connectivity index (χ0v) is 21.2. The van der Waals surface area contributed by atoms with Crippen molar-refractivity contribution in [3.05, 3.63) is 51.1 Å². The van der Waals surface area contributed by atoms with E-state index in [-0.39, 0.29) is 17.1 Å². The summed E-state index contributed by atoms with van der Waals surface area (Å²) in [6.07, 6.45) is 1.27. The standard InChI is InChI=1S/C26H32N4O3S/c1-17(2)14-21(31)28-10-12-29(13-11-28)25-27-23-22(19-15-26(3,4)33-16-20(19)34-23)24(32)30(25)18-8-6-5-7-9-18/h5-9,17H,10-16H2,1-4H3. The molecule has 180 valence electrons. The summed E-state index contributed by atoms with van der Waals surface area (Å²) >= 11 is 1.57. The monoisotopic (exact) mass is 480 g/mol. The maximum Gasteiger partial charge on any atom is 0.268 e. The van der Waals surface area contributed by atoms with Gasteiger partial charge < -0.3 is 14.5 Å². The summed E-state index contributed by atoms with van der Waals surface area (Å²) < 4.78 is 7.76. The molecule has 0 atom stereocenters. The van der Waals surface area contributed by atoms with Gasteiger partial charge in [-0.05, 0) is 37.5 Å². The number of hydrogen-bond acceptors (Lipinski definition) is 6. The van der Waals surface area contributed by atoms with E-state index in [1.54, 1.807) is 15.9 Å². The zero-order valence-electron chi connectivity index (χ0n) is 20.3. The normalized spacial score (nSPS) is 17.9. The molecule has 2 aliphatic rings. The van der Waals surface area contributed by atoms with E-state index in [4.69, 9.17) is 9.72 Å². The second-order valence-electron chi connectivity index (χ2n) is 10.3. The van der Waals surface area contributed by atoms with Gasteiger partial charge in [0.15, 0.2) is 0 Å². The third-order valence-corrected chi connectivity index (χ3v) is 7.70. The molecular formula is C26H32N4O3S. The van der Waals surface area contributed by atoms with Crippen LogP contribution in [0.25, 0.3) is 15.9 Å². The van der Waals surface area contributed by atoms with E-state index in [0.717, 1.165) is 26.3 Å². The number of aromatic nitrogens is 2. The first-order valence-electron chi connectivity index (χ1n) is 12.0. The van der Waals surface area contributed by atoms with E-state index in [1.165, 1.54) is 0 Å². The largest absolute Gasteiger partial charge is 0.370 e. The number of para-hydroxylation sites is 1. The fraction of sp³-hybridized carbons (Fsp3) is 0.500. The molecule has 3 aromatic rings. The number of carbonyl (C=O) groups is 1. The van der Waals surface area contributed by atoms with Crippen LogP contribution in [0.5, 0.6) is 0 Å². The minimum absolute atomic E-state index is 0.0280. The van der Waals surface area contributed by atoms with Crippen molar-refractivity contribution in [2.75, 3.05) is 31.1 Å². The molecule has 1 aromatic carbocycles. The Kier molecular flexibility index (Phi) is 5.98. The first kappa shape index (κ1) is 23.1. The smallest absolute Gasteiger partial charge is 0.268 e. The Hall–Kier alpha value is -2.71. The molecule has 5 rings (SSSR count). The Bertz CT molecular complexity index is 1270. The molecule has 2 aliphatic heterocycles. The van der Waals surface area contributed by atoms with E-state index < -0.39 is 0 Å². The van der Waals surface area contributed by atoms with Gasteiger partial charge in [0.1, 0.15) is 4.83 Å². The zero-order chi connectivity index (χ0) is 24.0. The number of carbonyl (C=O) groups excluding carboxylic acids is 1. The van der Waals surface area contributed by atoms with Gasteiger partial charge in [0.2, 0.25) is 11.9 Å². The van der Waals surface area contributed by atoms with Crippen LogP contribution < -0.4 is 10.5 Å². The summed E-state index contributed by atoms with van der Waals surface area (Å²) in [7, 11) is 0. The maximum atomic E-state index is 14.0. The van der Waals surface area contributed by atoms with E-state index in [1.807, 2.05) is 35.2 Å². The third-order valence-electron chi connectivity index (χ3n) is 6.60. The van der Waals surface area contributed by atoms with Crippen molar-refractivity contribution >= 4 is 33.4 Å². The summed E-state index contributed by atoms with van der Waals surface area (Å²) in [4.78, 5) is 37.6. The lowest BCUT2D eigenvalue weighted by atomic mass is 9.94. The number of amides is 1. The molecule has 7 nitrogen and oxygen atoms in total. The Morgan fingerprint density at radius 1 is 1.15 bits per heavy atom. The van der Waals surface area contributed by atoms with Gasteiger partial charge in [-0.1, -0.05) is 32.0 Å². The van der Waals surface area contributed by atoms with Crippen LogP contribution in [0.3, 0.4) is 0 Å². The first-order valence-corrected chi connectivity index (χ1v) is 12.8. The van der Waals surface area contributed by atoms with Gasteiger partial charge >= 0.3 is 0 Å². The quantitative estimate of drug-likeness (QED) is 0.565. The summed E-state index contributed by atoms with van der Waals surface area (Å²) in [6, 6.07) is 9.74. The lowest BCUT2D eigenvalue weighted by Gasteiger charge is -2.36. The molecule has 1 fully saturated rings. The van der Waals surface area contributed by atoms with Gasteiger partial charge in [-0.2, -0.15) is 0 Å². The molecule has 2 aromatic heterocycles. The van der Waals surface area contributed by atoms with Gasteiger partial charge in [0, 0.05) is 43.9 Å². The molecule has 0 aliphatic carbocycles. The summed E-state index contributed by atoms with van der Waals surface area (Å²) in [6.45, 7) is 11.4. The number of piperazine rings is 1. The number of rotatable bonds is 4. The molecule has 1 amide bonds. The van der Waals surface area contributed by atoms with E-state index in [0.29, 0.717) is 57.5 Å². The second-order valence-corrected chi connectivity index (χ2v) is 11.3. The minimum atomic E-state index is -0.303. The SMILES string of the molecule is CC(C)CC(=O)N1CCN(c2nc3sc4c(c3c(=O)n2-c2ccccc2)CC(C)(C)OC4)CC1. The molecule has 0 unspecified atom stereocenters. The predicted octanol–water partition coefficient (Wildman–Crippen LogP) is 3.99. The highest BCUT2D eigenvalue weighted by Gasteiger charge is 2.32. The van der Waals surface area contributed by atoms with E-state index in [2.05, 4.69) is 32.6 Å². The number of ether oxygens (including phenoxy) is 1. The van der Waals surface area contributed by atoms with Gasteiger partial charge in [-0.3, -0.25) is 9.59 Å². The second kappa shape index (κ2) is 8.82. The van der Waals surface area contributed by atoms with E-state index in [9.17, 15) is 9.59 Å². The molecule has 0 bridgehead atoms. The van der Waals surface area contributed by atoms with Gasteiger partial charge in [0.05, 0.1) is 23.3 Å². The van der Waals surface area contributed by atoms with Crippen LogP contribution in [0.2, 0.25) is 0 Å². The van der Waals surface area contributed by atoms with Gasteiger partial charge in [-0.15, -0.1) is 11.3 Å². The van der Waals surface area contributed by atoms with Crippen molar-refractivity contribution in [2.24, 2.45) is 5.92 Å². The topological polar surface area (TPSA) is 67.7 Å². The van der Waals surface area contributed by atoms with Crippen molar-refractivity contribution in [3.63, 3.8) is 0 Å². The molecule has 4 heterocycles. The highest BCUT2D eigenvalue weighted by molar-refractivity contribution is 7.18. The van der Waals surface area contributed by atoms with Crippen LogP contribution in [0.4, 0.5) is 5.95 Å². The lowest BCUT2D eigenvalue weighted by molar-refractivity contribution is -0.132. The average molecular weight is 481 g/mol. The minimum Gasteiger partial charge on any atom is -0.370 e. The number of benzene rings is 1. The molecule has 34 heavy (non-hydrogen) atoms. The van der Waals surface area contributed by atoms with Crippen LogP contribution in [-0.4, -0.2) is 52.1 Å². The van der Waals surface area contributed by atoms with Gasteiger partial charge in [0.25, 0.3) is 5.56 Å². The van der Waals surface area contributed by atoms with E-state index >= 15 is 0 Å². The highest BCUT2D eigenvalue weighted by Crippen LogP contribution is 2.38. The van der Waals surface area contributed by atoms with Crippen LogP contribution in [0.15, 0.2) is 35.1 Å². The molecule has 0 spiro atoms. The van der Waals surface area contributed by atoms with Crippen LogP contribution in [0.1, 0.15) is 44.6 Å². The van der Waals surface area contributed by atoms with Gasteiger partial charge in [-0.25, -0.2) is 9.55 Å². The van der Waals surface area contributed by atoms with Crippen molar-refractivity contribution in [1.29, 1.82) is 0 Å². The summed E-state index contributed by atoms with van der Waals surface area (Å²) in [5.74, 6) is 1.20. The third kappa shape index (κ3) is 4.25. The molecule has 1 saturated heterocycles. The van der Waals surface area contributed by atoms with Crippen molar-refractivity contribution < 1.29 is 9.53 Å². The Labute approximate surface area is 204 Å². The van der Waals surface area contributed by atoms with Crippen molar-refractivity contribution in [1.82, 2.24) is 14.5 Å². The Morgan fingerprint density at radius 2 is 1.85 bits per heavy atom. The van der Waals surface area contributed by atoms with Crippen LogP contribution in [-0.2, 0) is 22.6 Å².